The van der Waals surface area contributed by atoms with Crippen LogP contribution >= 0.6 is 0 Å². The molecule has 1 saturated heterocycles. The quantitative estimate of drug-likeness (QED) is 0.551. The van der Waals surface area contributed by atoms with E-state index in [-0.39, 0.29) is 0 Å². The molecule has 1 aromatic carbocycles. The highest BCUT2D eigenvalue weighted by Gasteiger charge is 2.19. The van der Waals surface area contributed by atoms with Gasteiger partial charge in [-0.3, -0.25) is 0 Å². The molecule has 4 rings (SSSR count). The molecule has 0 spiro atoms. The molecule has 0 saturated carbocycles. The third kappa shape index (κ3) is 5.11. The third-order valence-corrected chi connectivity index (χ3v) is 5.14. The summed E-state index contributed by atoms with van der Waals surface area (Å²) in [4.78, 5) is 8.44. The summed E-state index contributed by atoms with van der Waals surface area (Å²) in [5.41, 5.74) is 1.68. The molecule has 0 aliphatic carbocycles. The average molecular weight is 397 g/mol. The van der Waals surface area contributed by atoms with Crippen LogP contribution in [0.3, 0.4) is 0 Å². The molecule has 1 unspecified atom stereocenters. The van der Waals surface area contributed by atoms with Crippen molar-refractivity contribution in [3.05, 3.63) is 36.2 Å². The van der Waals surface area contributed by atoms with E-state index in [0.29, 0.717) is 24.4 Å². The molecule has 3 aromatic rings. The van der Waals surface area contributed by atoms with Crippen molar-refractivity contribution in [1.82, 2.24) is 30.1 Å². The van der Waals surface area contributed by atoms with Crippen LogP contribution < -0.4 is 10.1 Å². The fourth-order valence-corrected chi connectivity index (χ4v) is 3.52. The highest BCUT2D eigenvalue weighted by Crippen LogP contribution is 2.22. The summed E-state index contributed by atoms with van der Waals surface area (Å²) in [6.07, 6.45) is 5.31. The summed E-state index contributed by atoms with van der Waals surface area (Å²) in [7, 11) is 1.72. The molecule has 1 aliphatic heterocycles. The highest BCUT2D eigenvalue weighted by molar-refractivity contribution is 5.54. The van der Waals surface area contributed by atoms with E-state index >= 15 is 0 Å². The molecule has 1 fully saturated rings. The van der Waals surface area contributed by atoms with Gasteiger partial charge in [0, 0.05) is 18.2 Å². The van der Waals surface area contributed by atoms with Gasteiger partial charge in [-0.25, -0.2) is 4.98 Å². The molecule has 1 aliphatic rings. The maximum Gasteiger partial charge on any atom is 0.263 e. The number of rotatable bonds is 9. The van der Waals surface area contributed by atoms with Crippen molar-refractivity contribution >= 4 is 5.95 Å². The van der Waals surface area contributed by atoms with Gasteiger partial charge in [0.05, 0.1) is 25.9 Å². The van der Waals surface area contributed by atoms with E-state index in [2.05, 4.69) is 37.5 Å². The fraction of sp³-hybridized carbons (Fsp3) is 0.500. The minimum Gasteiger partial charge on any atom is -0.494 e. The van der Waals surface area contributed by atoms with Crippen LogP contribution in [0.5, 0.6) is 5.75 Å². The Morgan fingerprint density at radius 2 is 2.14 bits per heavy atom. The van der Waals surface area contributed by atoms with Gasteiger partial charge in [-0.2, -0.15) is 4.80 Å². The molecule has 2 aromatic heterocycles. The molecular weight excluding hydrogens is 370 g/mol. The lowest BCUT2D eigenvalue weighted by atomic mass is 10.2. The van der Waals surface area contributed by atoms with Crippen molar-refractivity contribution in [3.63, 3.8) is 0 Å². The number of likely N-dealkylation sites (tertiary alicyclic amines) is 1. The first kappa shape index (κ1) is 19.4. The molecule has 3 heterocycles. The van der Waals surface area contributed by atoms with E-state index in [1.807, 2.05) is 24.3 Å². The Kier molecular flexibility index (Phi) is 6.04. The Morgan fingerprint density at radius 3 is 2.86 bits per heavy atom. The Hall–Kier alpha value is -2.94. The van der Waals surface area contributed by atoms with Gasteiger partial charge in [0.1, 0.15) is 12.0 Å². The van der Waals surface area contributed by atoms with E-state index in [9.17, 15) is 0 Å². The highest BCUT2D eigenvalue weighted by atomic mass is 16.5. The number of hydrogen-bond donors (Lipinski definition) is 1. The van der Waals surface area contributed by atoms with E-state index in [0.717, 1.165) is 36.6 Å². The van der Waals surface area contributed by atoms with Crippen molar-refractivity contribution in [2.75, 3.05) is 25.0 Å². The predicted molar refractivity (Wildman–Crippen MR) is 108 cm³/mol. The molecule has 1 N–H and O–H groups in total. The SMILES string of the molecule is CC1CCCN1CCCOc1ccc(-c2nc(CNc3nnn(C)n3)co2)cc1. The zero-order chi connectivity index (χ0) is 20.1. The molecule has 0 radical (unpaired) electrons. The summed E-state index contributed by atoms with van der Waals surface area (Å²) in [6, 6.07) is 8.56. The van der Waals surface area contributed by atoms with Crippen molar-refractivity contribution < 1.29 is 9.15 Å². The van der Waals surface area contributed by atoms with Crippen LogP contribution in [0.4, 0.5) is 5.95 Å². The number of oxazole rings is 1. The van der Waals surface area contributed by atoms with Crippen LogP contribution in [0.15, 0.2) is 34.9 Å². The zero-order valence-corrected chi connectivity index (χ0v) is 16.9. The van der Waals surface area contributed by atoms with Crippen molar-refractivity contribution in [1.29, 1.82) is 0 Å². The summed E-state index contributed by atoms with van der Waals surface area (Å²) >= 11 is 0. The first-order valence-electron chi connectivity index (χ1n) is 10.1. The van der Waals surface area contributed by atoms with Crippen LogP contribution in [-0.2, 0) is 13.6 Å². The number of benzene rings is 1. The number of tetrazole rings is 1. The van der Waals surface area contributed by atoms with Crippen molar-refractivity contribution in [2.45, 2.75) is 38.8 Å². The minimum atomic E-state index is 0.456. The van der Waals surface area contributed by atoms with E-state index < -0.39 is 0 Å². The second-order valence-electron chi connectivity index (χ2n) is 7.35. The van der Waals surface area contributed by atoms with Crippen LogP contribution in [0.2, 0.25) is 0 Å². The van der Waals surface area contributed by atoms with Gasteiger partial charge in [-0.15, -0.1) is 5.10 Å². The average Bonchev–Trinajstić information content (AvgIpc) is 3.46. The summed E-state index contributed by atoms with van der Waals surface area (Å²) in [5, 5.41) is 14.8. The number of ether oxygens (including phenoxy) is 1. The lowest BCUT2D eigenvalue weighted by Gasteiger charge is -2.20. The van der Waals surface area contributed by atoms with E-state index in [1.54, 1.807) is 13.3 Å². The number of aryl methyl sites for hydroxylation is 1. The molecule has 0 bridgehead atoms. The normalized spacial score (nSPS) is 17.0. The Balaban J connectivity index is 1.24. The molecular formula is C20H27N7O2. The summed E-state index contributed by atoms with van der Waals surface area (Å²) < 4.78 is 11.5. The lowest BCUT2D eigenvalue weighted by molar-refractivity contribution is 0.230. The maximum atomic E-state index is 5.88. The minimum absolute atomic E-state index is 0.456. The van der Waals surface area contributed by atoms with Gasteiger partial charge >= 0.3 is 0 Å². The van der Waals surface area contributed by atoms with E-state index in [4.69, 9.17) is 9.15 Å². The van der Waals surface area contributed by atoms with Gasteiger partial charge in [-0.05, 0) is 62.2 Å². The smallest absolute Gasteiger partial charge is 0.263 e. The van der Waals surface area contributed by atoms with Crippen LogP contribution in [0.1, 0.15) is 31.9 Å². The standard InChI is InChI=1S/C20H27N7O2/c1-15-5-3-10-27(15)11-4-12-28-18-8-6-16(7-9-18)19-22-17(14-29-19)13-21-20-23-25-26(2)24-20/h6-9,14-15H,3-5,10-13H2,1-2H3,(H,21,24). The largest absolute Gasteiger partial charge is 0.494 e. The molecule has 154 valence electrons. The zero-order valence-electron chi connectivity index (χ0n) is 16.9. The fourth-order valence-electron chi connectivity index (χ4n) is 3.52. The van der Waals surface area contributed by atoms with Gasteiger partial charge in [0.2, 0.25) is 5.89 Å². The number of aromatic nitrogens is 5. The van der Waals surface area contributed by atoms with Gasteiger partial charge in [0.15, 0.2) is 0 Å². The van der Waals surface area contributed by atoms with Crippen molar-refractivity contribution in [2.24, 2.45) is 7.05 Å². The lowest BCUT2D eigenvalue weighted by Crippen LogP contribution is -2.28. The molecule has 29 heavy (non-hydrogen) atoms. The summed E-state index contributed by atoms with van der Waals surface area (Å²) in [5.74, 6) is 1.90. The maximum absolute atomic E-state index is 5.88. The number of anilines is 1. The number of hydrogen-bond acceptors (Lipinski definition) is 8. The molecule has 9 heteroatoms. The number of nitrogens with zero attached hydrogens (tertiary/aromatic N) is 6. The van der Waals surface area contributed by atoms with Gasteiger partial charge in [0.25, 0.3) is 5.95 Å². The van der Waals surface area contributed by atoms with Crippen LogP contribution in [0, 0.1) is 0 Å². The second kappa shape index (κ2) is 9.04. The Bertz CT molecular complexity index is 906. The monoisotopic (exact) mass is 397 g/mol. The number of nitrogens with one attached hydrogen (secondary N) is 1. The first-order valence-corrected chi connectivity index (χ1v) is 10.1. The van der Waals surface area contributed by atoms with Crippen molar-refractivity contribution in [3.8, 4) is 17.2 Å². The molecule has 0 amide bonds. The predicted octanol–water partition coefficient (Wildman–Crippen LogP) is 2.73. The topological polar surface area (TPSA) is 94.1 Å². The van der Waals surface area contributed by atoms with E-state index in [1.165, 1.54) is 24.2 Å². The van der Waals surface area contributed by atoms with Crippen LogP contribution in [0.25, 0.3) is 11.5 Å². The Morgan fingerprint density at radius 1 is 1.28 bits per heavy atom. The molecule has 9 nitrogen and oxygen atoms in total. The molecule has 1 atom stereocenters. The van der Waals surface area contributed by atoms with Gasteiger partial charge < -0.3 is 19.4 Å². The third-order valence-electron chi connectivity index (χ3n) is 5.14. The first-order chi connectivity index (χ1) is 14.2. The Labute approximate surface area is 170 Å². The van der Waals surface area contributed by atoms with Crippen LogP contribution in [-0.4, -0.2) is 55.8 Å². The van der Waals surface area contributed by atoms with Gasteiger partial charge in [-0.1, -0.05) is 5.10 Å². The summed E-state index contributed by atoms with van der Waals surface area (Å²) in [6.45, 7) is 5.83. The second-order valence-corrected chi connectivity index (χ2v) is 7.35.